The molecule has 0 saturated heterocycles. The van der Waals surface area contributed by atoms with E-state index in [9.17, 15) is 0 Å². The second-order valence-electron chi connectivity index (χ2n) is 3.52. The first-order valence-electron chi connectivity index (χ1n) is 4.06. The first-order chi connectivity index (χ1) is 4.06. The molecule has 0 aromatic heterocycles. The zero-order valence-corrected chi connectivity index (χ0v) is 8.49. The zero-order chi connectivity index (χ0) is 7.49. The van der Waals surface area contributed by atoms with E-state index in [2.05, 4.69) is 34.4 Å². The summed E-state index contributed by atoms with van der Waals surface area (Å²) in [4.78, 5) is 0. The standard InChI is InChI=1S/C8H21P/c1-6-9(5,7-2)8(3)4/h8-9H,6-7H2,1-5H3. The Labute approximate surface area is 60.4 Å². The molecule has 1 heteroatoms. The fourth-order valence-electron chi connectivity index (χ4n) is 1.07. The first kappa shape index (κ1) is 9.43. The third kappa shape index (κ3) is 2.26. The van der Waals surface area contributed by atoms with Crippen molar-refractivity contribution in [1.29, 1.82) is 0 Å². The van der Waals surface area contributed by atoms with Crippen LogP contribution in [0.15, 0.2) is 0 Å². The summed E-state index contributed by atoms with van der Waals surface area (Å²) in [5.74, 6) is 0. The Balaban J connectivity index is 3.92. The Kier molecular flexibility index (Phi) is 3.73. The van der Waals surface area contributed by atoms with Crippen molar-refractivity contribution in [2.45, 2.75) is 33.4 Å². The predicted molar refractivity (Wildman–Crippen MR) is 50.5 cm³/mol. The van der Waals surface area contributed by atoms with Gasteiger partial charge in [-0.2, -0.15) is 0 Å². The van der Waals surface area contributed by atoms with Gasteiger partial charge >= 0.3 is 59.6 Å². The summed E-state index contributed by atoms with van der Waals surface area (Å²) in [5.41, 5.74) is 0.965. The van der Waals surface area contributed by atoms with Crippen LogP contribution in [0.2, 0.25) is 0 Å². The molecule has 0 radical (unpaired) electrons. The average molecular weight is 148 g/mol. The van der Waals surface area contributed by atoms with Crippen LogP contribution in [0.5, 0.6) is 0 Å². The summed E-state index contributed by atoms with van der Waals surface area (Å²) in [7, 11) is -0.775. The summed E-state index contributed by atoms with van der Waals surface area (Å²) in [6.07, 6.45) is 2.89. The molecule has 0 aliphatic carbocycles. The molecular weight excluding hydrogens is 127 g/mol. The molecule has 0 rings (SSSR count). The third-order valence-corrected chi connectivity index (χ3v) is 9.03. The van der Waals surface area contributed by atoms with E-state index in [0.29, 0.717) is 0 Å². The van der Waals surface area contributed by atoms with Crippen molar-refractivity contribution in [1.82, 2.24) is 0 Å². The van der Waals surface area contributed by atoms with Gasteiger partial charge in [0.1, 0.15) is 0 Å². The molecule has 0 aliphatic heterocycles. The van der Waals surface area contributed by atoms with Gasteiger partial charge in [0.15, 0.2) is 0 Å². The van der Waals surface area contributed by atoms with E-state index in [0.717, 1.165) is 5.66 Å². The van der Waals surface area contributed by atoms with Gasteiger partial charge < -0.3 is 0 Å². The van der Waals surface area contributed by atoms with Crippen molar-refractivity contribution < 1.29 is 0 Å². The van der Waals surface area contributed by atoms with Crippen LogP contribution < -0.4 is 0 Å². The van der Waals surface area contributed by atoms with Crippen LogP contribution in [0.1, 0.15) is 27.7 Å². The number of hydrogen-bond donors (Lipinski definition) is 0. The maximum atomic E-state index is 2.51. The van der Waals surface area contributed by atoms with E-state index in [1.807, 2.05) is 0 Å². The minimum absolute atomic E-state index is 0.775. The van der Waals surface area contributed by atoms with Gasteiger partial charge in [-0.05, 0) is 0 Å². The normalized spacial score (nSPS) is 14.4. The van der Waals surface area contributed by atoms with Gasteiger partial charge in [-0.3, -0.25) is 0 Å². The van der Waals surface area contributed by atoms with Crippen LogP contribution in [0, 0.1) is 0 Å². The SMILES string of the molecule is CC[PH](C)(CC)C(C)C. The second kappa shape index (κ2) is 3.56. The van der Waals surface area contributed by atoms with Gasteiger partial charge in [-0.25, -0.2) is 0 Å². The molecule has 0 unspecified atom stereocenters. The van der Waals surface area contributed by atoms with E-state index < -0.39 is 7.26 Å². The van der Waals surface area contributed by atoms with Crippen molar-refractivity contribution in [3.8, 4) is 0 Å². The van der Waals surface area contributed by atoms with Crippen molar-refractivity contribution in [3.63, 3.8) is 0 Å². The van der Waals surface area contributed by atoms with E-state index in [1.54, 1.807) is 0 Å². The average Bonchev–Trinajstić information content (AvgIpc) is 1.86. The Bertz CT molecular complexity index is 72.6. The molecule has 0 N–H and O–H groups in total. The van der Waals surface area contributed by atoms with Crippen LogP contribution >= 0.6 is 7.26 Å². The molecule has 0 saturated carbocycles. The van der Waals surface area contributed by atoms with Gasteiger partial charge in [0.2, 0.25) is 0 Å². The number of hydrogen-bond acceptors (Lipinski definition) is 0. The minimum atomic E-state index is -0.775. The molecule has 0 amide bonds. The molecule has 9 heavy (non-hydrogen) atoms. The summed E-state index contributed by atoms with van der Waals surface area (Å²) < 4.78 is 0. The summed E-state index contributed by atoms with van der Waals surface area (Å²) >= 11 is 0. The van der Waals surface area contributed by atoms with Crippen LogP contribution in [0.25, 0.3) is 0 Å². The van der Waals surface area contributed by atoms with Crippen molar-refractivity contribution >= 4 is 7.26 Å². The number of rotatable bonds is 3. The van der Waals surface area contributed by atoms with E-state index >= 15 is 0 Å². The predicted octanol–water partition coefficient (Wildman–Crippen LogP) is 2.81. The molecule has 58 valence electrons. The Morgan fingerprint density at radius 1 is 1.11 bits per heavy atom. The molecule has 0 aromatic rings. The van der Waals surface area contributed by atoms with Gasteiger partial charge in [0.05, 0.1) is 0 Å². The maximum absolute atomic E-state index is 2.51. The fourth-order valence-corrected chi connectivity index (χ4v) is 3.20. The molecular formula is C8H21P. The quantitative estimate of drug-likeness (QED) is 0.540. The first-order valence-corrected chi connectivity index (χ1v) is 7.06. The molecule has 0 spiro atoms. The van der Waals surface area contributed by atoms with Crippen molar-refractivity contribution in [3.05, 3.63) is 0 Å². The molecule has 0 aromatic carbocycles. The Hall–Kier alpha value is 0.430. The van der Waals surface area contributed by atoms with E-state index in [-0.39, 0.29) is 0 Å². The van der Waals surface area contributed by atoms with Crippen molar-refractivity contribution in [2.75, 3.05) is 19.0 Å². The summed E-state index contributed by atoms with van der Waals surface area (Å²) in [6.45, 7) is 11.9. The topological polar surface area (TPSA) is 0 Å². The van der Waals surface area contributed by atoms with E-state index in [4.69, 9.17) is 0 Å². The molecule has 0 aliphatic rings. The van der Waals surface area contributed by atoms with Gasteiger partial charge in [0.25, 0.3) is 0 Å². The van der Waals surface area contributed by atoms with Crippen molar-refractivity contribution in [2.24, 2.45) is 0 Å². The van der Waals surface area contributed by atoms with Gasteiger partial charge in [-0.1, -0.05) is 0 Å². The fraction of sp³-hybridized carbons (Fsp3) is 1.00. The monoisotopic (exact) mass is 148 g/mol. The van der Waals surface area contributed by atoms with Crippen LogP contribution in [-0.2, 0) is 0 Å². The molecule has 0 bridgehead atoms. The Morgan fingerprint density at radius 2 is 1.44 bits per heavy atom. The van der Waals surface area contributed by atoms with Crippen LogP contribution in [-0.4, -0.2) is 24.6 Å². The van der Waals surface area contributed by atoms with Crippen LogP contribution in [0.4, 0.5) is 0 Å². The molecule has 0 heterocycles. The Morgan fingerprint density at radius 3 is 1.44 bits per heavy atom. The third-order valence-electron chi connectivity index (χ3n) is 3.01. The van der Waals surface area contributed by atoms with Crippen LogP contribution in [0.3, 0.4) is 0 Å². The second-order valence-corrected chi connectivity index (χ2v) is 9.39. The molecule has 0 fully saturated rings. The summed E-state index contributed by atoms with van der Waals surface area (Å²) in [6, 6.07) is 0. The van der Waals surface area contributed by atoms with Gasteiger partial charge in [0, 0.05) is 0 Å². The molecule has 0 nitrogen and oxygen atoms in total. The zero-order valence-electron chi connectivity index (χ0n) is 7.49. The summed E-state index contributed by atoms with van der Waals surface area (Å²) in [5, 5.41) is 0. The van der Waals surface area contributed by atoms with E-state index in [1.165, 1.54) is 12.3 Å². The molecule has 0 atom stereocenters. The van der Waals surface area contributed by atoms with Gasteiger partial charge in [-0.15, -0.1) is 0 Å².